The van der Waals surface area contributed by atoms with Crippen LogP contribution >= 0.6 is 0 Å². The average Bonchev–Trinajstić information content (AvgIpc) is 2.49. The minimum absolute atomic E-state index is 0.0162. The van der Waals surface area contributed by atoms with Crippen LogP contribution in [0.1, 0.15) is 32.6 Å². The molecule has 0 spiro atoms. The summed E-state index contributed by atoms with van der Waals surface area (Å²) in [4.78, 5) is 13.8. The number of carbonyl (C=O) groups is 1. The second-order valence-electron chi connectivity index (χ2n) is 5.02. The van der Waals surface area contributed by atoms with E-state index in [1.54, 1.807) is 29.2 Å². The molecule has 5 nitrogen and oxygen atoms in total. The summed E-state index contributed by atoms with van der Waals surface area (Å²) >= 11 is 0. The zero-order chi connectivity index (χ0) is 15.5. The van der Waals surface area contributed by atoms with E-state index in [1.807, 2.05) is 0 Å². The Bertz CT molecular complexity index is 406. The number of hydrogen-bond donors (Lipinski definition) is 2. The molecule has 1 aromatic rings. The van der Waals surface area contributed by atoms with Crippen LogP contribution < -0.4 is 10.5 Å². The highest BCUT2D eigenvalue weighted by Gasteiger charge is 2.13. The summed E-state index contributed by atoms with van der Waals surface area (Å²) in [5.74, 6) is 0.518. The topological polar surface area (TPSA) is 75.8 Å². The molecule has 0 radical (unpaired) electrons. The summed E-state index contributed by atoms with van der Waals surface area (Å²) < 4.78 is 5.45. The fourth-order valence-electron chi connectivity index (χ4n) is 2.01. The Morgan fingerprint density at radius 1 is 1.19 bits per heavy atom. The van der Waals surface area contributed by atoms with E-state index in [1.165, 1.54) is 6.42 Å². The van der Waals surface area contributed by atoms with Crippen LogP contribution in [0.5, 0.6) is 5.75 Å². The molecule has 0 atom stereocenters. The van der Waals surface area contributed by atoms with Crippen molar-refractivity contribution in [3.8, 4) is 5.75 Å². The number of carbonyl (C=O) groups excluding carboxylic acids is 1. The van der Waals surface area contributed by atoms with Crippen molar-refractivity contribution in [1.82, 2.24) is 4.90 Å². The largest absolute Gasteiger partial charge is 0.484 e. The number of benzene rings is 1. The number of unbranched alkanes of at least 4 members (excludes halogenated alkanes) is 3. The fraction of sp³-hybridized carbons (Fsp3) is 0.562. The monoisotopic (exact) mass is 294 g/mol. The molecule has 118 valence electrons. The van der Waals surface area contributed by atoms with E-state index in [-0.39, 0.29) is 19.1 Å². The Morgan fingerprint density at radius 3 is 2.52 bits per heavy atom. The van der Waals surface area contributed by atoms with Gasteiger partial charge in [-0.1, -0.05) is 26.2 Å². The highest BCUT2D eigenvalue weighted by atomic mass is 16.5. The van der Waals surface area contributed by atoms with Gasteiger partial charge in [0.15, 0.2) is 6.61 Å². The maximum Gasteiger partial charge on any atom is 0.260 e. The molecule has 21 heavy (non-hydrogen) atoms. The molecule has 5 heteroatoms. The molecule has 3 N–H and O–H groups in total. The molecule has 1 rings (SSSR count). The van der Waals surface area contributed by atoms with Crippen LogP contribution in [0, 0.1) is 0 Å². The van der Waals surface area contributed by atoms with Gasteiger partial charge in [0.05, 0.1) is 6.61 Å². The molecule has 0 fully saturated rings. The number of amides is 1. The second-order valence-corrected chi connectivity index (χ2v) is 5.02. The van der Waals surface area contributed by atoms with Gasteiger partial charge < -0.3 is 20.5 Å². The van der Waals surface area contributed by atoms with E-state index in [2.05, 4.69) is 6.92 Å². The van der Waals surface area contributed by atoms with E-state index >= 15 is 0 Å². The van der Waals surface area contributed by atoms with Gasteiger partial charge in [-0.3, -0.25) is 4.79 Å². The molecule has 0 heterocycles. The molecule has 0 bridgehead atoms. The maximum atomic E-state index is 12.1. The zero-order valence-corrected chi connectivity index (χ0v) is 12.8. The van der Waals surface area contributed by atoms with Crippen molar-refractivity contribution in [3.63, 3.8) is 0 Å². The third-order valence-electron chi connectivity index (χ3n) is 3.25. The van der Waals surface area contributed by atoms with E-state index in [4.69, 9.17) is 15.6 Å². The zero-order valence-electron chi connectivity index (χ0n) is 12.8. The smallest absolute Gasteiger partial charge is 0.260 e. The lowest BCUT2D eigenvalue weighted by Gasteiger charge is -2.21. The third kappa shape index (κ3) is 6.99. The number of aliphatic hydroxyl groups excluding tert-OH is 1. The lowest BCUT2D eigenvalue weighted by atomic mass is 10.2. The Kier molecular flexibility index (Phi) is 8.28. The molecule has 0 saturated heterocycles. The van der Waals surface area contributed by atoms with Crippen LogP contribution in [0.4, 0.5) is 5.69 Å². The van der Waals surface area contributed by atoms with Crippen LogP contribution in [0.2, 0.25) is 0 Å². The summed E-state index contributed by atoms with van der Waals surface area (Å²) in [6.45, 7) is 3.14. The van der Waals surface area contributed by atoms with Gasteiger partial charge in [-0.2, -0.15) is 0 Å². The number of rotatable bonds is 10. The molecule has 0 aliphatic heterocycles. The van der Waals surface area contributed by atoms with Crippen LogP contribution in [0.25, 0.3) is 0 Å². The summed E-state index contributed by atoms with van der Waals surface area (Å²) in [5.41, 5.74) is 6.25. The fourth-order valence-corrected chi connectivity index (χ4v) is 2.01. The first kappa shape index (κ1) is 17.3. The number of nitrogens with two attached hydrogens (primary N) is 1. The van der Waals surface area contributed by atoms with Crippen LogP contribution in [-0.2, 0) is 4.79 Å². The summed E-state index contributed by atoms with van der Waals surface area (Å²) in [6.07, 6.45) is 4.39. The third-order valence-corrected chi connectivity index (χ3v) is 3.25. The molecule has 1 aromatic carbocycles. The van der Waals surface area contributed by atoms with Crippen molar-refractivity contribution in [2.45, 2.75) is 32.6 Å². The predicted molar refractivity (Wildman–Crippen MR) is 84.2 cm³/mol. The molecular weight excluding hydrogens is 268 g/mol. The molecular formula is C16H26N2O3. The van der Waals surface area contributed by atoms with E-state index < -0.39 is 0 Å². The first-order valence-electron chi connectivity index (χ1n) is 7.54. The SMILES string of the molecule is CCCCCCN(CCO)C(=O)COc1ccc(N)cc1. The summed E-state index contributed by atoms with van der Waals surface area (Å²) in [6, 6.07) is 6.94. The van der Waals surface area contributed by atoms with Gasteiger partial charge in [0, 0.05) is 18.8 Å². The summed E-state index contributed by atoms with van der Waals surface area (Å²) in [7, 11) is 0. The molecule has 1 amide bonds. The Hall–Kier alpha value is -1.75. The maximum absolute atomic E-state index is 12.1. The van der Waals surface area contributed by atoms with Gasteiger partial charge >= 0.3 is 0 Å². The molecule has 0 saturated carbocycles. The molecule has 0 unspecified atom stereocenters. The lowest BCUT2D eigenvalue weighted by Crippen LogP contribution is -2.37. The van der Waals surface area contributed by atoms with Crippen LogP contribution in [-0.4, -0.2) is 42.2 Å². The van der Waals surface area contributed by atoms with E-state index in [0.717, 1.165) is 19.3 Å². The van der Waals surface area contributed by atoms with Gasteiger partial charge in [-0.25, -0.2) is 0 Å². The standard InChI is InChI=1S/C16H26N2O3/c1-2-3-4-5-10-18(11-12-19)16(20)13-21-15-8-6-14(17)7-9-15/h6-9,19H,2-5,10-13,17H2,1H3. The molecule has 0 aliphatic carbocycles. The Labute approximate surface area is 126 Å². The highest BCUT2D eigenvalue weighted by Crippen LogP contribution is 2.13. The summed E-state index contributed by atoms with van der Waals surface area (Å²) in [5, 5.41) is 9.06. The van der Waals surface area contributed by atoms with Crippen molar-refractivity contribution in [2.24, 2.45) is 0 Å². The number of ether oxygens (including phenoxy) is 1. The number of nitrogen functional groups attached to an aromatic ring is 1. The quantitative estimate of drug-likeness (QED) is 0.511. The lowest BCUT2D eigenvalue weighted by molar-refractivity contribution is -0.134. The van der Waals surface area contributed by atoms with Gasteiger partial charge in [0.25, 0.3) is 5.91 Å². The first-order chi connectivity index (χ1) is 10.2. The van der Waals surface area contributed by atoms with Gasteiger partial charge in [-0.15, -0.1) is 0 Å². The highest BCUT2D eigenvalue weighted by molar-refractivity contribution is 5.77. The minimum atomic E-state index is -0.0997. The van der Waals surface area contributed by atoms with Crippen LogP contribution in [0.15, 0.2) is 24.3 Å². The van der Waals surface area contributed by atoms with E-state index in [9.17, 15) is 4.79 Å². The van der Waals surface area contributed by atoms with Gasteiger partial charge in [0.1, 0.15) is 5.75 Å². The van der Waals surface area contributed by atoms with Crippen molar-refractivity contribution >= 4 is 11.6 Å². The van der Waals surface area contributed by atoms with Crippen molar-refractivity contribution < 1.29 is 14.6 Å². The van der Waals surface area contributed by atoms with Crippen molar-refractivity contribution in [3.05, 3.63) is 24.3 Å². The molecule has 0 aromatic heterocycles. The average molecular weight is 294 g/mol. The number of anilines is 1. The number of aliphatic hydroxyl groups is 1. The first-order valence-corrected chi connectivity index (χ1v) is 7.54. The van der Waals surface area contributed by atoms with Crippen LogP contribution in [0.3, 0.4) is 0 Å². The Morgan fingerprint density at radius 2 is 1.90 bits per heavy atom. The number of nitrogens with zero attached hydrogens (tertiary/aromatic N) is 1. The van der Waals surface area contributed by atoms with Gasteiger partial charge in [0.2, 0.25) is 0 Å². The van der Waals surface area contributed by atoms with Gasteiger partial charge in [-0.05, 0) is 30.7 Å². The van der Waals surface area contributed by atoms with Crippen molar-refractivity contribution in [1.29, 1.82) is 0 Å². The normalized spacial score (nSPS) is 10.4. The predicted octanol–water partition coefficient (Wildman–Crippen LogP) is 2.05. The van der Waals surface area contributed by atoms with Crippen molar-refractivity contribution in [2.75, 3.05) is 32.0 Å². The van der Waals surface area contributed by atoms with E-state index in [0.29, 0.717) is 24.5 Å². The number of hydrogen-bond acceptors (Lipinski definition) is 4. The molecule has 0 aliphatic rings. The minimum Gasteiger partial charge on any atom is -0.484 e. The second kappa shape index (κ2) is 10.0. The Balaban J connectivity index is 2.38.